The van der Waals surface area contributed by atoms with Crippen molar-refractivity contribution in [1.29, 1.82) is 0 Å². The Morgan fingerprint density at radius 2 is 1.70 bits per heavy atom. The van der Waals surface area contributed by atoms with Gasteiger partial charge in [-0.15, -0.1) is 0 Å². The summed E-state index contributed by atoms with van der Waals surface area (Å²) in [6.45, 7) is 1.74. The molecule has 0 rings (SSSR count). The third-order valence-corrected chi connectivity index (χ3v) is 0.331. The van der Waals surface area contributed by atoms with E-state index < -0.39 is 12.0 Å². The minimum atomic E-state index is -1.33. The van der Waals surface area contributed by atoms with Crippen LogP contribution >= 0.6 is 0 Å². The summed E-state index contributed by atoms with van der Waals surface area (Å²) < 4.78 is 0. The molecular weight excluding hydrogens is 136 g/mol. The highest BCUT2D eigenvalue weighted by Crippen LogP contribution is 1.62. The third kappa shape index (κ3) is 88.8. The lowest BCUT2D eigenvalue weighted by atomic mass is 10.5. The zero-order chi connectivity index (χ0) is 8.57. The van der Waals surface area contributed by atoms with Gasteiger partial charge in [-0.25, -0.2) is 4.79 Å². The molecule has 0 aliphatic rings. The van der Waals surface area contributed by atoms with E-state index >= 15 is 0 Å². The summed E-state index contributed by atoms with van der Waals surface area (Å²) in [5, 5.41) is 7.19. The minimum Gasteiger partial charge on any atom is -0.465 e. The molecule has 0 atom stereocenters. The zero-order valence-electron chi connectivity index (χ0n) is 5.57. The summed E-state index contributed by atoms with van der Waals surface area (Å²) in [7, 11) is 0. The van der Waals surface area contributed by atoms with E-state index in [1.165, 1.54) is 6.08 Å². The Morgan fingerprint density at radius 1 is 1.40 bits per heavy atom. The Kier molecular flexibility index (Phi) is 8.45. The quantitative estimate of drug-likeness (QED) is 0.441. The molecule has 0 aromatic carbocycles. The Bertz CT molecular complexity index is 138. The molecule has 0 saturated heterocycles. The number of primary amides is 2. The first-order chi connectivity index (χ1) is 4.50. The van der Waals surface area contributed by atoms with E-state index in [1.54, 1.807) is 13.0 Å². The topological polar surface area (TPSA) is 106 Å². The van der Waals surface area contributed by atoms with E-state index in [9.17, 15) is 4.79 Å². The van der Waals surface area contributed by atoms with Gasteiger partial charge in [0.2, 0.25) is 5.91 Å². The highest BCUT2D eigenvalue weighted by molar-refractivity contribution is 5.85. The molecule has 5 nitrogen and oxygen atoms in total. The summed E-state index contributed by atoms with van der Waals surface area (Å²) in [4.78, 5) is 18.5. The molecular formula is C5H10N2O3. The Morgan fingerprint density at radius 3 is 1.70 bits per heavy atom. The zero-order valence-corrected chi connectivity index (χ0v) is 5.57. The Balaban J connectivity index is 0. The first-order valence-corrected chi connectivity index (χ1v) is 2.41. The van der Waals surface area contributed by atoms with Crippen molar-refractivity contribution in [2.24, 2.45) is 11.5 Å². The molecule has 0 aliphatic carbocycles. The fourth-order valence-corrected chi connectivity index (χ4v) is 0.164. The van der Waals surface area contributed by atoms with Crippen LogP contribution in [0.3, 0.4) is 0 Å². The van der Waals surface area contributed by atoms with Crippen LogP contribution in [0.5, 0.6) is 0 Å². The van der Waals surface area contributed by atoms with Gasteiger partial charge < -0.3 is 16.6 Å². The molecule has 0 saturated carbocycles. The van der Waals surface area contributed by atoms with E-state index in [0.29, 0.717) is 0 Å². The average molecular weight is 146 g/mol. The van der Waals surface area contributed by atoms with Gasteiger partial charge in [0, 0.05) is 0 Å². The van der Waals surface area contributed by atoms with Crippen LogP contribution in [0.2, 0.25) is 0 Å². The molecule has 0 fully saturated rings. The minimum absolute atomic E-state index is 0.391. The molecule has 0 unspecified atom stereocenters. The van der Waals surface area contributed by atoms with Crippen molar-refractivity contribution >= 4 is 12.0 Å². The van der Waals surface area contributed by atoms with Crippen molar-refractivity contribution < 1.29 is 14.7 Å². The monoisotopic (exact) mass is 146 g/mol. The highest BCUT2D eigenvalue weighted by Gasteiger charge is 1.73. The smallest absolute Gasteiger partial charge is 0.402 e. The van der Waals surface area contributed by atoms with Crippen molar-refractivity contribution in [1.82, 2.24) is 0 Å². The van der Waals surface area contributed by atoms with Crippen molar-refractivity contribution in [2.75, 3.05) is 0 Å². The lowest BCUT2D eigenvalue weighted by Crippen LogP contribution is -2.04. The van der Waals surface area contributed by atoms with Gasteiger partial charge in [-0.05, 0) is 13.0 Å². The predicted octanol–water partition coefficient (Wildman–Crippen LogP) is -0.329. The van der Waals surface area contributed by atoms with Crippen LogP contribution in [0.15, 0.2) is 12.2 Å². The summed E-state index contributed by atoms with van der Waals surface area (Å²) in [5.41, 5.74) is 8.70. The third-order valence-electron chi connectivity index (χ3n) is 0.331. The van der Waals surface area contributed by atoms with Crippen molar-refractivity contribution in [3.63, 3.8) is 0 Å². The number of hydrogen-bond acceptors (Lipinski definition) is 2. The second kappa shape index (κ2) is 7.48. The highest BCUT2D eigenvalue weighted by atomic mass is 16.4. The molecule has 10 heavy (non-hydrogen) atoms. The van der Waals surface area contributed by atoms with Crippen LogP contribution in [0.1, 0.15) is 6.92 Å². The number of carbonyl (C=O) groups is 2. The number of allylic oxidation sites excluding steroid dienone is 1. The molecule has 0 bridgehead atoms. The molecule has 5 heteroatoms. The van der Waals surface area contributed by atoms with Crippen molar-refractivity contribution in [2.45, 2.75) is 6.92 Å². The fourth-order valence-electron chi connectivity index (χ4n) is 0.164. The van der Waals surface area contributed by atoms with Crippen LogP contribution in [-0.2, 0) is 4.79 Å². The number of amides is 2. The number of carbonyl (C=O) groups excluding carboxylic acids is 1. The van der Waals surface area contributed by atoms with Crippen molar-refractivity contribution in [3.05, 3.63) is 12.2 Å². The van der Waals surface area contributed by atoms with E-state index in [1.807, 2.05) is 0 Å². The molecule has 58 valence electrons. The van der Waals surface area contributed by atoms with Gasteiger partial charge in [0.05, 0.1) is 0 Å². The normalized spacial score (nSPS) is 8.10. The van der Waals surface area contributed by atoms with Crippen LogP contribution in [0, 0.1) is 0 Å². The molecule has 0 aliphatic heterocycles. The van der Waals surface area contributed by atoms with Gasteiger partial charge in [0.15, 0.2) is 0 Å². The maximum Gasteiger partial charge on any atom is 0.402 e. The number of hydrogen-bond donors (Lipinski definition) is 3. The molecule has 5 N–H and O–H groups in total. The summed E-state index contributed by atoms with van der Waals surface area (Å²) >= 11 is 0. The standard InChI is InChI=1S/C4H7NO.CH3NO2/c1-2-3-4(5)6;2-1(3)4/h2-3H,1H3,(H2,5,6);2H2,(H,3,4). The molecule has 0 aromatic heterocycles. The van der Waals surface area contributed by atoms with Gasteiger partial charge in [-0.1, -0.05) is 6.08 Å². The van der Waals surface area contributed by atoms with E-state index in [-0.39, 0.29) is 0 Å². The number of nitrogens with two attached hydrogens (primary N) is 2. The predicted molar refractivity (Wildman–Crippen MR) is 36.2 cm³/mol. The molecule has 0 heterocycles. The maximum absolute atomic E-state index is 9.73. The largest absolute Gasteiger partial charge is 0.465 e. The Hall–Kier alpha value is -1.52. The molecule has 0 spiro atoms. The van der Waals surface area contributed by atoms with E-state index in [0.717, 1.165) is 0 Å². The summed E-state index contributed by atoms with van der Waals surface area (Å²) in [6.07, 6.45) is 1.57. The van der Waals surface area contributed by atoms with Crippen LogP contribution in [-0.4, -0.2) is 17.1 Å². The number of carboxylic acid groups (broad SMARTS) is 1. The first kappa shape index (κ1) is 11.3. The van der Waals surface area contributed by atoms with Crippen LogP contribution < -0.4 is 11.5 Å². The Labute approximate surface area is 58.3 Å². The SMILES string of the molecule is CC=CC(N)=O.NC(=O)O. The summed E-state index contributed by atoms with van der Waals surface area (Å²) in [5.74, 6) is -0.391. The number of rotatable bonds is 1. The average Bonchev–Trinajstić information content (AvgIpc) is 1.62. The first-order valence-electron chi connectivity index (χ1n) is 2.41. The fraction of sp³-hybridized carbons (Fsp3) is 0.200. The van der Waals surface area contributed by atoms with Crippen LogP contribution in [0.25, 0.3) is 0 Å². The lowest BCUT2D eigenvalue weighted by Gasteiger charge is -1.70. The lowest BCUT2D eigenvalue weighted by molar-refractivity contribution is -0.113. The maximum atomic E-state index is 9.73. The summed E-state index contributed by atoms with van der Waals surface area (Å²) in [6, 6.07) is 0. The van der Waals surface area contributed by atoms with Crippen molar-refractivity contribution in [3.8, 4) is 0 Å². The molecule has 0 radical (unpaired) electrons. The van der Waals surface area contributed by atoms with Gasteiger partial charge in [0.25, 0.3) is 0 Å². The van der Waals surface area contributed by atoms with Gasteiger partial charge in [-0.2, -0.15) is 0 Å². The van der Waals surface area contributed by atoms with Gasteiger partial charge in [-0.3, -0.25) is 4.79 Å². The second-order valence-electron chi connectivity index (χ2n) is 1.24. The molecule has 2 amide bonds. The van der Waals surface area contributed by atoms with Crippen LogP contribution in [0.4, 0.5) is 4.79 Å². The van der Waals surface area contributed by atoms with Gasteiger partial charge >= 0.3 is 6.09 Å². The molecule has 0 aromatic rings. The second-order valence-corrected chi connectivity index (χ2v) is 1.24. The van der Waals surface area contributed by atoms with E-state index in [4.69, 9.17) is 9.90 Å². The van der Waals surface area contributed by atoms with Gasteiger partial charge in [0.1, 0.15) is 0 Å². The van der Waals surface area contributed by atoms with E-state index in [2.05, 4.69) is 11.5 Å².